The number of rotatable bonds is 4. The van der Waals surface area contributed by atoms with Gasteiger partial charge in [-0.15, -0.1) is 0 Å². The smallest absolute Gasteiger partial charge is 0.268 e. The van der Waals surface area contributed by atoms with Crippen molar-refractivity contribution in [2.75, 3.05) is 0 Å². The fourth-order valence-corrected chi connectivity index (χ4v) is 2.77. The summed E-state index contributed by atoms with van der Waals surface area (Å²) in [6.45, 7) is 0. The van der Waals surface area contributed by atoms with Crippen LogP contribution in [0.4, 0.5) is 0 Å². The number of nitrogens with two attached hydrogens (primary N) is 1. The summed E-state index contributed by atoms with van der Waals surface area (Å²) in [6.07, 6.45) is 2.93. The number of aromatic nitrogens is 2. The van der Waals surface area contributed by atoms with Crippen molar-refractivity contribution in [2.45, 2.75) is 10.8 Å². The van der Waals surface area contributed by atoms with Gasteiger partial charge in [0.25, 0.3) is 5.91 Å². The zero-order valence-corrected chi connectivity index (χ0v) is 11.8. The highest BCUT2D eigenvalue weighted by molar-refractivity contribution is 7.98. The number of para-hydroxylation sites is 1. The average molecular weight is 300 g/mol. The minimum absolute atomic E-state index is 0.373. The fraction of sp³-hybridized carbons (Fsp3) is 0.0714. The molecule has 0 aliphatic rings. The van der Waals surface area contributed by atoms with E-state index in [1.165, 1.54) is 18.0 Å². The summed E-state index contributed by atoms with van der Waals surface area (Å²) < 4.78 is 5.34. The summed E-state index contributed by atoms with van der Waals surface area (Å²) in [5.41, 5.74) is 3.37. The van der Waals surface area contributed by atoms with Gasteiger partial charge in [-0.3, -0.25) is 10.2 Å². The lowest BCUT2D eigenvalue weighted by molar-refractivity contribution is 0.0953. The SMILES string of the molecule is NNC(=O)c1coc(CSc2ncnc3ccccc23)c1. The third kappa shape index (κ3) is 2.88. The van der Waals surface area contributed by atoms with Gasteiger partial charge in [0, 0.05) is 5.39 Å². The Morgan fingerprint density at radius 2 is 2.19 bits per heavy atom. The maximum Gasteiger partial charge on any atom is 0.268 e. The molecular formula is C14H12N4O2S. The first-order chi connectivity index (χ1) is 10.3. The molecular weight excluding hydrogens is 288 g/mol. The maximum atomic E-state index is 11.4. The number of benzene rings is 1. The summed E-state index contributed by atoms with van der Waals surface area (Å²) in [4.78, 5) is 19.9. The zero-order valence-electron chi connectivity index (χ0n) is 10.9. The number of hydrogen-bond donors (Lipinski definition) is 2. The zero-order chi connectivity index (χ0) is 14.7. The Kier molecular flexibility index (Phi) is 3.85. The molecule has 0 radical (unpaired) electrons. The lowest BCUT2D eigenvalue weighted by Gasteiger charge is -2.02. The average Bonchev–Trinajstić information content (AvgIpc) is 3.01. The van der Waals surface area contributed by atoms with E-state index < -0.39 is 0 Å². The fourth-order valence-electron chi connectivity index (χ4n) is 1.89. The van der Waals surface area contributed by atoms with Crippen LogP contribution in [0.25, 0.3) is 10.9 Å². The molecule has 0 spiro atoms. The number of nitrogen functional groups attached to an aromatic ring is 1. The number of fused-ring (bicyclic) bond motifs is 1. The standard InChI is InChI=1S/C14H12N4O2S/c15-18-13(19)9-5-10(20-6-9)7-21-14-11-3-1-2-4-12(11)16-8-17-14/h1-6,8H,7,15H2,(H,18,19). The molecule has 0 fully saturated rings. The van der Waals surface area contributed by atoms with E-state index in [1.54, 1.807) is 12.4 Å². The summed E-state index contributed by atoms with van der Waals surface area (Å²) in [5.74, 6) is 5.95. The second-order valence-electron chi connectivity index (χ2n) is 4.26. The number of amides is 1. The van der Waals surface area contributed by atoms with E-state index in [9.17, 15) is 4.79 Å². The van der Waals surface area contributed by atoms with Gasteiger partial charge in [0.1, 0.15) is 23.4 Å². The van der Waals surface area contributed by atoms with Gasteiger partial charge in [0.2, 0.25) is 0 Å². The van der Waals surface area contributed by atoms with Crippen molar-refractivity contribution in [3.63, 3.8) is 0 Å². The summed E-state index contributed by atoms with van der Waals surface area (Å²) in [6, 6.07) is 9.48. The third-order valence-corrected chi connectivity index (χ3v) is 3.93. The van der Waals surface area contributed by atoms with Crippen LogP contribution in [-0.4, -0.2) is 15.9 Å². The second kappa shape index (κ2) is 5.94. The molecule has 1 amide bonds. The van der Waals surface area contributed by atoms with Crippen LogP contribution in [0, 0.1) is 0 Å². The Bertz CT molecular complexity index is 782. The van der Waals surface area contributed by atoms with Crippen molar-refractivity contribution in [2.24, 2.45) is 5.84 Å². The van der Waals surface area contributed by atoms with Crippen LogP contribution in [0.3, 0.4) is 0 Å². The predicted octanol–water partition coefficient (Wildman–Crippen LogP) is 2.12. The number of thioether (sulfide) groups is 1. The number of hydrogen-bond acceptors (Lipinski definition) is 6. The van der Waals surface area contributed by atoms with E-state index in [4.69, 9.17) is 10.3 Å². The van der Waals surface area contributed by atoms with Gasteiger partial charge in [-0.2, -0.15) is 0 Å². The Balaban J connectivity index is 1.77. The van der Waals surface area contributed by atoms with E-state index in [1.807, 2.05) is 24.3 Å². The Morgan fingerprint density at radius 1 is 1.33 bits per heavy atom. The molecule has 3 aromatic rings. The Labute approximate surface area is 124 Å². The van der Waals surface area contributed by atoms with E-state index >= 15 is 0 Å². The highest BCUT2D eigenvalue weighted by Crippen LogP contribution is 2.27. The van der Waals surface area contributed by atoms with Crippen LogP contribution in [0.15, 0.2) is 52.4 Å². The van der Waals surface area contributed by atoms with Gasteiger partial charge in [-0.1, -0.05) is 30.0 Å². The minimum atomic E-state index is -0.373. The molecule has 0 aliphatic carbocycles. The van der Waals surface area contributed by atoms with Gasteiger partial charge >= 0.3 is 0 Å². The monoisotopic (exact) mass is 300 g/mol. The normalized spacial score (nSPS) is 10.7. The van der Waals surface area contributed by atoms with Gasteiger partial charge < -0.3 is 4.42 Å². The van der Waals surface area contributed by atoms with Gasteiger partial charge in [0.05, 0.1) is 16.8 Å². The molecule has 7 heteroatoms. The number of furan rings is 1. The van der Waals surface area contributed by atoms with Crippen LogP contribution in [0.2, 0.25) is 0 Å². The lowest BCUT2D eigenvalue weighted by atomic mass is 10.2. The lowest BCUT2D eigenvalue weighted by Crippen LogP contribution is -2.29. The van der Waals surface area contributed by atoms with E-state index in [0.717, 1.165) is 15.9 Å². The largest absolute Gasteiger partial charge is 0.468 e. The molecule has 3 N–H and O–H groups in total. The maximum absolute atomic E-state index is 11.4. The molecule has 0 bridgehead atoms. The molecule has 0 aliphatic heterocycles. The molecule has 3 rings (SSSR count). The van der Waals surface area contributed by atoms with Crippen molar-refractivity contribution in [3.8, 4) is 0 Å². The topological polar surface area (TPSA) is 94.0 Å². The van der Waals surface area contributed by atoms with Crippen molar-refractivity contribution < 1.29 is 9.21 Å². The Hall–Kier alpha value is -2.38. The van der Waals surface area contributed by atoms with Crippen LogP contribution < -0.4 is 11.3 Å². The van der Waals surface area contributed by atoms with Crippen molar-refractivity contribution in [3.05, 3.63) is 54.2 Å². The van der Waals surface area contributed by atoms with Crippen molar-refractivity contribution in [1.29, 1.82) is 0 Å². The number of carbonyl (C=O) groups is 1. The molecule has 0 saturated carbocycles. The molecule has 106 valence electrons. The molecule has 6 nitrogen and oxygen atoms in total. The summed E-state index contributed by atoms with van der Waals surface area (Å²) in [7, 11) is 0. The molecule has 2 heterocycles. The minimum Gasteiger partial charge on any atom is -0.468 e. The highest BCUT2D eigenvalue weighted by atomic mass is 32.2. The highest BCUT2D eigenvalue weighted by Gasteiger charge is 2.10. The van der Waals surface area contributed by atoms with E-state index in [0.29, 0.717) is 17.1 Å². The van der Waals surface area contributed by atoms with Crippen molar-refractivity contribution in [1.82, 2.24) is 15.4 Å². The second-order valence-corrected chi connectivity index (χ2v) is 5.22. The first-order valence-corrected chi connectivity index (χ1v) is 7.17. The first kappa shape index (κ1) is 13.6. The quantitative estimate of drug-likeness (QED) is 0.252. The van der Waals surface area contributed by atoms with Crippen LogP contribution in [0.1, 0.15) is 16.1 Å². The van der Waals surface area contributed by atoms with Crippen molar-refractivity contribution >= 4 is 28.6 Å². The van der Waals surface area contributed by atoms with Gasteiger partial charge in [0.15, 0.2) is 0 Å². The first-order valence-electron chi connectivity index (χ1n) is 6.19. The predicted molar refractivity (Wildman–Crippen MR) is 79.5 cm³/mol. The number of hydrazine groups is 1. The van der Waals surface area contributed by atoms with Gasteiger partial charge in [-0.05, 0) is 12.1 Å². The third-order valence-electron chi connectivity index (χ3n) is 2.90. The van der Waals surface area contributed by atoms with Gasteiger partial charge in [-0.25, -0.2) is 15.8 Å². The summed E-state index contributed by atoms with van der Waals surface area (Å²) in [5, 5.41) is 1.87. The molecule has 1 aromatic carbocycles. The number of nitrogens with one attached hydrogen (secondary N) is 1. The summed E-state index contributed by atoms with van der Waals surface area (Å²) >= 11 is 1.53. The molecule has 0 atom stereocenters. The molecule has 21 heavy (non-hydrogen) atoms. The molecule has 2 aromatic heterocycles. The molecule has 0 unspecified atom stereocenters. The Morgan fingerprint density at radius 3 is 3.05 bits per heavy atom. The van der Waals surface area contributed by atoms with E-state index in [2.05, 4.69) is 15.4 Å². The molecule has 0 saturated heterocycles. The number of carbonyl (C=O) groups excluding carboxylic acids is 1. The number of nitrogens with zero attached hydrogens (tertiary/aromatic N) is 2. The van der Waals surface area contributed by atoms with Crippen LogP contribution in [0.5, 0.6) is 0 Å². The van der Waals surface area contributed by atoms with Crippen LogP contribution in [-0.2, 0) is 5.75 Å². The van der Waals surface area contributed by atoms with E-state index in [-0.39, 0.29) is 5.91 Å². The van der Waals surface area contributed by atoms with Crippen LogP contribution >= 0.6 is 11.8 Å².